The van der Waals surface area contributed by atoms with E-state index in [0.717, 1.165) is 18.3 Å². The summed E-state index contributed by atoms with van der Waals surface area (Å²) in [6, 6.07) is 7.30. The molecule has 0 saturated heterocycles. The molecule has 3 nitrogen and oxygen atoms in total. The van der Waals surface area contributed by atoms with Crippen LogP contribution in [0.4, 0.5) is 0 Å². The fourth-order valence-corrected chi connectivity index (χ4v) is 1.73. The third kappa shape index (κ3) is 4.02. The number of carbonyl (C=O) groups excluding carboxylic acids is 2. The van der Waals surface area contributed by atoms with E-state index in [1.807, 2.05) is 12.1 Å². The summed E-state index contributed by atoms with van der Waals surface area (Å²) in [5.74, 6) is -0.330. The van der Waals surface area contributed by atoms with Crippen molar-refractivity contribution in [3.05, 3.63) is 35.4 Å². The summed E-state index contributed by atoms with van der Waals surface area (Å²) >= 11 is 0. The number of hydrogen-bond acceptors (Lipinski definition) is 3. The highest BCUT2D eigenvalue weighted by Crippen LogP contribution is 2.24. The minimum Gasteiger partial charge on any atom is -0.465 e. The Labute approximate surface area is 102 Å². The number of esters is 1. The van der Waals surface area contributed by atoms with Gasteiger partial charge in [-0.1, -0.05) is 26.0 Å². The van der Waals surface area contributed by atoms with E-state index in [1.54, 1.807) is 12.1 Å². The van der Waals surface area contributed by atoms with Crippen LogP contribution in [0.5, 0.6) is 0 Å². The van der Waals surface area contributed by atoms with Crippen molar-refractivity contribution in [3.8, 4) is 0 Å². The van der Waals surface area contributed by atoms with Crippen molar-refractivity contribution in [2.24, 2.45) is 5.41 Å². The van der Waals surface area contributed by atoms with Crippen LogP contribution < -0.4 is 0 Å². The molecule has 1 aromatic rings. The number of benzene rings is 1. The van der Waals surface area contributed by atoms with Crippen molar-refractivity contribution in [2.75, 3.05) is 7.11 Å². The molecule has 0 spiro atoms. The van der Waals surface area contributed by atoms with Gasteiger partial charge in [-0.3, -0.25) is 0 Å². The van der Waals surface area contributed by atoms with Crippen LogP contribution in [-0.2, 0) is 16.0 Å². The van der Waals surface area contributed by atoms with Gasteiger partial charge in [0, 0.05) is 6.42 Å². The zero-order valence-electron chi connectivity index (χ0n) is 10.5. The fourth-order valence-electron chi connectivity index (χ4n) is 1.73. The summed E-state index contributed by atoms with van der Waals surface area (Å²) < 4.78 is 4.63. The largest absolute Gasteiger partial charge is 0.465 e. The van der Waals surface area contributed by atoms with E-state index < -0.39 is 0 Å². The van der Waals surface area contributed by atoms with E-state index in [2.05, 4.69) is 18.6 Å². The Hall–Kier alpha value is -1.64. The van der Waals surface area contributed by atoms with Gasteiger partial charge in [-0.25, -0.2) is 4.79 Å². The zero-order chi connectivity index (χ0) is 12.9. The van der Waals surface area contributed by atoms with E-state index in [-0.39, 0.29) is 11.4 Å². The molecule has 0 bridgehead atoms. The Morgan fingerprint density at radius 1 is 1.29 bits per heavy atom. The molecule has 92 valence electrons. The molecular weight excluding hydrogens is 216 g/mol. The van der Waals surface area contributed by atoms with Crippen LogP contribution in [0.1, 0.15) is 36.2 Å². The first-order valence-electron chi connectivity index (χ1n) is 5.59. The van der Waals surface area contributed by atoms with Crippen LogP contribution in [0.25, 0.3) is 0 Å². The van der Waals surface area contributed by atoms with Crippen LogP contribution in [-0.4, -0.2) is 19.4 Å². The van der Waals surface area contributed by atoms with Gasteiger partial charge < -0.3 is 9.53 Å². The van der Waals surface area contributed by atoms with Crippen LogP contribution in [0.15, 0.2) is 24.3 Å². The van der Waals surface area contributed by atoms with Gasteiger partial charge >= 0.3 is 5.97 Å². The molecule has 0 atom stereocenters. The molecule has 0 fully saturated rings. The number of methoxy groups -OCH3 is 1. The Bertz CT molecular complexity index is 390. The van der Waals surface area contributed by atoms with Gasteiger partial charge in [0.05, 0.1) is 12.7 Å². The number of rotatable bonds is 5. The second kappa shape index (κ2) is 5.62. The predicted molar refractivity (Wildman–Crippen MR) is 65.9 cm³/mol. The highest BCUT2D eigenvalue weighted by molar-refractivity contribution is 5.89. The average molecular weight is 234 g/mol. The van der Waals surface area contributed by atoms with E-state index in [1.165, 1.54) is 7.11 Å². The lowest BCUT2D eigenvalue weighted by molar-refractivity contribution is -0.109. The molecule has 0 unspecified atom stereocenters. The number of carbonyl (C=O) groups is 2. The molecule has 0 aromatic heterocycles. The molecule has 0 N–H and O–H groups in total. The first-order valence-corrected chi connectivity index (χ1v) is 5.59. The Morgan fingerprint density at radius 3 is 2.35 bits per heavy atom. The van der Waals surface area contributed by atoms with E-state index in [4.69, 9.17) is 0 Å². The maximum absolute atomic E-state index is 11.2. The quantitative estimate of drug-likeness (QED) is 0.581. The molecular formula is C14H18O3. The average Bonchev–Trinajstić information content (AvgIpc) is 2.28. The molecule has 0 amide bonds. The molecule has 17 heavy (non-hydrogen) atoms. The van der Waals surface area contributed by atoms with Crippen molar-refractivity contribution in [1.82, 2.24) is 0 Å². The van der Waals surface area contributed by atoms with Gasteiger partial charge in [0.1, 0.15) is 6.29 Å². The lowest BCUT2D eigenvalue weighted by atomic mass is 9.83. The monoisotopic (exact) mass is 234 g/mol. The van der Waals surface area contributed by atoms with Crippen molar-refractivity contribution in [3.63, 3.8) is 0 Å². The highest BCUT2D eigenvalue weighted by atomic mass is 16.5. The van der Waals surface area contributed by atoms with Crippen LogP contribution in [0.2, 0.25) is 0 Å². The van der Waals surface area contributed by atoms with Gasteiger partial charge in [0.15, 0.2) is 0 Å². The highest BCUT2D eigenvalue weighted by Gasteiger charge is 2.18. The molecule has 1 rings (SSSR count). The second-order valence-corrected chi connectivity index (χ2v) is 4.90. The molecule has 1 aromatic carbocycles. The standard InChI is InChI=1S/C14H18O3/c1-14(2,8-9-15)10-11-4-6-12(7-5-11)13(16)17-3/h4-7,9H,8,10H2,1-3H3. The maximum atomic E-state index is 11.2. The van der Waals surface area contributed by atoms with E-state index >= 15 is 0 Å². The first-order chi connectivity index (χ1) is 7.98. The number of aldehydes is 1. The summed E-state index contributed by atoms with van der Waals surface area (Å²) in [5.41, 5.74) is 1.61. The maximum Gasteiger partial charge on any atom is 0.337 e. The van der Waals surface area contributed by atoms with Gasteiger partial charge in [-0.15, -0.1) is 0 Å². The lowest BCUT2D eigenvalue weighted by Crippen LogP contribution is -2.15. The predicted octanol–water partition coefficient (Wildman–Crippen LogP) is 2.63. The summed E-state index contributed by atoms with van der Waals surface area (Å²) in [7, 11) is 1.36. The molecule has 0 radical (unpaired) electrons. The molecule has 3 heteroatoms. The molecule has 0 aliphatic heterocycles. The molecule has 0 saturated carbocycles. The summed E-state index contributed by atoms with van der Waals surface area (Å²) in [4.78, 5) is 21.8. The second-order valence-electron chi connectivity index (χ2n) is 4.90. The summed E-state index contributed by atoms with van der Waals surface area (Å²) in [6.07, 6.45) is 2.29. The third-order valence-corrected chi connectivity index (χ3v) is 2.69. The fraction of sp³-hybridized carbons (Fsp3) is 0.429. The van der Waals surface area contributed by atoms with Crippen LogP contribution >= 0.6 is 0 Å². The number of ether oxygens (including phenoxy) is 1. The topological polar surface area (TPSA) is 43.4 Å². The minimum atomic E-state index is -0.330. The molecule has 0 aliphatic rings. The van der Waals surface area contributed by atoms with Crippen molar-refractivity contribution >= 4 is 12.3 Å². The smallest absolute Gasteiger partial charge is 0.337 e. The lowest BCUT2D eigenvalue weighted by Gasteiger charge is -2.21. The summed E-state index contributed by atoms with van der Waals surface area (Å²) in [5, 5.41) is 0. The third-order valence-electron chi connectivity index (χ3n) is 2.69. The van der Waals surface area contributed by atoms with Crippen LogP contribution in [0, 0.1) is 5.41 Å². The first kappa shape index (κ1) is 13.4. The number of hydrogen-bond donors (Lipinski definition) is 0. The van der Waals surface area contributed by atoms with E-state index in [9.17, 15) is 9.59 Å². The Balaban J connectivity index is 2.75. The Morgan fingerprint density at radius 2 is 1.88 bits per heavy atom. The minimum absolute atomic E-state index is 0.0471. The van der Waals surface area contributed by atoms with Crippen molar-refractivity contribution in [2.45, 2.75) is 26.7 Å². The van der Waals surface area contributed by atoms with Gasteiger partial charge in [0.2, 0.25) is 0 Å². The summed E-state index contributed by atoms with van der Waals surface area (Å²) in [6.45, 7) is 4.10. The van der Waals surface area contributed by atoms with Gasteiger partial charge in [-0.2, -0.15) is 0 Å². The van der Waals surface area contributed by atoms with Crippen LogP contribution in [0.3, 0.4) is 0 Å². The zero-order valence-corrected chi connectivity index (χ0v) is 10.5. The van der Waals surface area contributed by atoms with Gasteiger partial charge in [0.25, 0.3) is 0 Å². The SMILES string of the molecule is COC(=O)c1ccc(CC(C)(C)CC=O)cc1. The van der Waals surface area contributed by atoms with Gasteiger partial charge in [-0.05, 0) is 29.5 Å². The normalized spacial score (nSPS) is 11.0. The van der Waals surface area contributed by atoms with Crippen molar-refractivity contribution < 1.29 is 14.3 Å². The van der Waals surface area contributed by atoms with E-state index in [0.29, 0.717) is 12.0 Å². The molecule has 0 aliphatic carbocycles. The molecule has 0 heterocycles. The Kier molecular flexibility index (Phi) is 4.44. The van der Waals surface area contributed by atoms with Crippen molar-refractivity contribution in [1.29, 1.82) is 0 Å².